The van der Waals surface area contributed by atoms with Gasteiger partial charge in [0.1, 0.15) is 6.61 Å². The molecule has 2 nitrogen and oxygen atoms in total. The smallest absolute Gasteiger partial charge is 0.363 e. The lowest BCUT2D eigenvalue weighted by Gasteiger charge is -2.20. The van der Waals surface area contributed by atoms with Crippen LogP contribution >= 0.6 is 0 Å². The van der Waals surface area contributed by atoms with Crippen LogP contribution in [0.3, 0.4) is 0 Å². The maximum atomic E-state index is 12.3. The minimum absolute atomic E-state index is 0.382. The lowest BCUT2D eigenvalue weighted by molar-refractivity contribution is -0.185. The third-order valence-electron chi connectivity index (χ3n) is 2.62. The first kappa shape index (κ1) is 16.0. The molecule has 19 heavy (non-hydrogen) atoms. The highest BCUT2D eigenvalue weighted by Gasteiger charge is 2.29. The van der Waals surface area contributed by atoms with E-state index in [4.69, 9.17) is 4.74 Å². The average Bonchev–Trinajstić information content (AvgIpc) is 2.32. The Morgan fingerprint density at radius 1 is 1.32 bits per heavy atom. The molecule has 108 valence electrons. The van der Waals surface area contributed by atoms with Crippen LogP contribution < -0.4 is 5.32 Å². The molecule has 1 N–H and O–H groups in total. The fourth-order valence-electron chi connectivity index (χ4n) is 1.75. The zero-order valence-corrected chi connectivity index (χ0v) is 11.3. The van der Waals surface area contributed by atoms with Crippen molar-refractivity contribution in [1.82, 2.24) is 5.32 Å². The number of halogens is 3. The first-order chi connectivity index (χ1) is 8.92. The van der Waals surface area contributed by atoms with E-state index in [0.29, 0.717) is 6.54 Å². The summed E-state index contributed by atoms with van der Waals surface area (Å²) in [5.74, 6) is 0. The minimum Gasteiger partial charge on any atom is -0.363 e. The second kappa shape index (κ2) is 7.50. The van der Waals surface area contributed by atoms with Crippen molar-refractivity contribution in [1.29, 1.82) is 0 Å². The van der Waals surface area contributed by atoms with Crippen LogP contribution in [-0.4, -0.2) is 25.9 Å². The van der Waals surface area contributed by atoms with Gasteiger partial charge in [0.15, 0.2) is 0 Å². The number of benzene rings is 1. The van der Waals surface area contributed by atoms with Crippen LogP contribution in [0.1, 0.15) is 30.6 Å². The standard InChI is InChI=1S/C14H20F3NO/c1-3-7-18-9-13(19-10-14(15,16)17)12-6-4-5-11(2)8-12/h4-6,8,13,18H,3,7,9-10H2,1-2H3. The number of alkyl halides is 3. The first-order valence-corrected chi connectivity index (χ1v) is 6.38. The van der Waals surface area contributed by atoms with Crippen molar-refractivity contribution >= 4 is 0 Å². The van der Waals surface area contributed by atoms with E-state index in [1.54, 1.807) is 6.07 Å². The Labute approximate surface area is 112 Å². The Morgan fingerprint density at radius 2 is 2.05 bits per heavy atom. The Kier molecular flexibility index (Phi) is 6.31. The van der Waals surface area contributed by atoms with E-state index in [0.717, 1.165) is 24.1 Å². The summed E-state index contributed by atoms with van der Waals surface area (Å²) >= 11 is 0. The molecular formula is C14H20F3NO. The molecule has 0 bridgehead atoms. The number of ether oxygens (including phenoxy) is 1. The summed E-state index contributed by atoms with van der Waals surface area (Å²) in [6.07, 6.45) is -3.94. The molecule has 0 aromatic heterocycles. The second-order valence-electron chi connectivity index (χ2n) is 4.53. The van der Waals surface area contributed by atoms with E-state index >= 15 is 0 Å². The van der Waals surface area contributed by atoms with Gasteiger partial charge >= 0.3 is 6.18 Å². The number of hydrogen-bond donors (Lipinski definition) is 1. The average molecular weight is 275 g/mol. The molecule has 5 heteroatoms. The fourth-order valence-corrected chi connectivity index (χ4v) is 1.75. The minimum atomic E-state index is -4.30. The van der Waals surface area contributed by atoms with Gasteiger partial charge in [0.05, 0.1) is 6.10 Å². The van der Waals surface area contributed by atoms with Gasteiger partial charge in [-0.2, -0.15) is 13.2 Å². The number of hydrogen-bond acceptors (Lipinski definition) is 2. The molecule has 0 aliphatic rings. The first-order valence-electron chi connectivity index (χ1n) is 6.38. The molecule has 0 amide bonds. The molecule has 1 aromatic carbocycles. The maximum Gasteiger partial charge on any atom is 0.411 e. The van der Waals surface area contributed by atoms with Crippen molar-refractivity contribution < 1.29 is 17.9 Å². The Balaban J connectivity index is 2.68. The predicted octanol–water partition coefficient (Wildman–Crippen LogP) is 3.61. The van der Waals surface area contributed by atoms with Crippen LogP contribution in [0.25, 0.3) is 0 Å². The van der Waals surface area contributed by atoms with E-state index < -0.39 is 18.9 Å². The third kappa shape index (κ3) is 6.59. The van der Waals surface area contributed by atoms with E-state index in [-0.39, 0.29) is 0 Å². The van der Waals surface area contributed by atoms with Crippen molar-refractivity contribution in [2.45, 2.75) is 32.5 Å². The summed E-state index contributed by atoms with van der Waals surface area (Å²) in [6.45, 7) is 3.83. The highest BCUT2D eigenvalue weighted by molar-refractivity contribution is 5.24. The van der Waals surface area contributed by atoms with E-state index in [1.807, 2.05) is 32.0 Å². The van der Waals surface area contributed by atoms with Crippen LogP contribution in [0.5, 0.6) is 0 Å². The molecule has 0 radical (unpaired) electrons. The topological polar surface area (TPSA) is 21.3 Å². The summed E-state index contributed by atoms with van der Waals surface area (Å²) in [6, 6.07) is 7.38. The maximum absolute atomic E-state index is 12.3. The Bertz CT molecular complexity index is 379. The molecule has 1 unspecified atom stereocenters. The van der Waals surface area contributed by atoms with Crippen LogP contribution in [-0.2, 0) is 4.74 Å². The second-order valence-corrected chi connectivity index (χ2v) is 4.53. The number of aryl methyl sites for hydroxylation is 1. The van der Waals surface area contributed by atoms with Crippen LogP contribution in [0, 0.1) is 6.92 Å². The molecule has 0 aliphatic heterocycles. The molecule has 1 atom stereocenters. The van der Waals surface area contributed by atoms with Crippen molar-refractivity contribution in [2.24, 2.45) is 0 Å². The summed E-state index contributed by atoms with van der Waals surface area (Å²) < 4.78 is 41.8. The van der Waals surface area contributed by atoms with Gasteiger partial charge in [-0.1, -0.05) is 36.8 Å². The summed E-state index contributed by atoms with van der Waals surface area (Å²) in [7, 11) is 0. The molecular weight excluding hydrogens is 255 g/mol. The molecule has 0 heterocycles. The van der Waals surface area contributed by atoms with Crippen LogP contribution in [0.4, 0.5) is 13.2 Å². The van der Waals surface area contributed by atoms with Gasteiger partial charge in [0, 0.05) is 6.54 Å². The summed E-state index contributed by atoms with van der Waals surface area (Å²) in [5.41, 5.74) is 1.78. The molecule has 0 spiro atoms. The Hall–Kier alpha value is -1.07. The lowest BCUT2D eigenvalue weighted by atomic mass is 10.1. The summed E-state index contributed by atoms with van der Waals surface area (Å²) in [4.78, 5) is 0. The SMILES string of the molecule is CCCNCC(OCC(F)(F)F)c1cccc(C)c1. The van der Waals surface area contributed by atoms with Gasteiger partial charge in [-0.05, 0) is 25.5 Å². The zero-order valence-electron chi connectivity index (χ0n) is 11.3. The van der Waals surface area contributed by atoms with Crippen LogP contribution in [0.2, 0.25) is 0 Å². The van der Waals surface area contributed by atoms with Gasteiger partial charge in [-0.25, -0.2) is 0 Å². The van der Waals surface area contributed by atoms with E-state index in [2.05, 4.69) is 5.32 Å². The van der Waals surface area contributed by atoms with Gasteiger partial charge < -0.3 is 10.1 Å². The fraction of sp³-hybridized carbons (Fsp3) is 0.571. The molecule has 0 aliphatic carbocycles. The summed E-state index contributed by atoms with van der Waals surface area (Å²) in [5, 5.41) is 3.10. The lowest BCUT2D eigenvalue weighted by Crippen LogP contribution is -2.27. The highest BCUT2D eigenvalue weighted by Crippen LogP contribution is 2.22. The molecule has 0 saturated carbocycles. The highest BCUT2D eigenvalue weighted by atomic mass is 19.4. The van der Waals surface area contributed by atoms with Crippen molar-refractivity contribution in [2.75, 3.05) is 19.7 Å². The van der Waals surface area contributed by atoms with Crippen molar-refractivity contribution in [3.05, 3.63) is 35.4 Å². The molecule has 1 aromatic rings. The quantitative estimate of drug-likeness (QED) is 0.767. The normalized spacial score (nSPS) is 13.5. The third-order valence-corrected chi connectivity index (χ3v) is 2.62. The van der Waals surface area contributed by atoms with Gasteiger partial charge in [-0.3, -0.25) is 0 Å². The van der Waals surface area contributed by atoms with Crippen molar-refractivity contribution in [3.63, 3.8) is 0 Å². The van der Waals surface area contributed by atoms with E-state index in [9.17, 15) is 13.2 Å². The predicted molar refractivity (Wildman–Crippen MR) is 69.1 cm³/mol. The van der Waals surface area contributed by atoms with E-state index in [1.165, 1.54) is 0 Å². The monoisotopic (exact) mass is 275 g/mol. The van der Waals surface area contributed by atoms with Gasteiger partial charge in [-0.15, -0.1) is 0 Å². The molecule has 0 saturated heterocycles. The zero-order chi connectivity index (χ0) is 14.3. The van der Waals surface area contributed by atoms with Gasteiger partial charge in [0.25, 0.3) is 0 Å². The van der Waals surface area contributed by atoms with Crippen LogP contribution in [0.15, 0.2) is 24.3 Å². The number of nitrogens with one attached hydrogen (secondary N) is 1. The number of rotatable bonds is 7. The Morgan fingerprint density at radius 3 is 2.63 bits per heavy atom. The van der Waals surface area contributed by atoms with Gasteiger partial charge in [0.2, 0.25) is 0 Å². The molecule has 1 rings (SSSR count). The van der Waals surface area contributed by atoms with Crippen molar-refractivity contribution in [3.8, 4) is 0 Å². The molecule has 0 fully saturated rings. The largest absolute Gasteiger partial charge is 0.411 e.